The lowest BCUT2D eigenvalue weighted by molar-refractivity contribution is 0.349. The first-order valence-corrected chi connectivity index (χ1v) is 6.51. The zero-order valence-electron chi connectivity index (χ0n) is 9.90. The van der Waals surface area contributed by atoms with Gasteiger partial charge < -0.3 is 9.84 Å². The van der Waals surface area contributed by atoms with Gasteiger partial charge in [-0.15, -0.1) is 0 Å². The number of halogens is 1. The van der Waals surface area contributed by atoms with Crippen molar-refractivity contribution in [1.29, 1.82) is 0 Å². The smallest absolute Gasteiger partial charge is 0.245 e. The largest absolute Gasteiger partial charge is 0.376 e. The predicted octanol–water partition coefficient (Wildman–Crippen LogP) is 3.60. The molecule has 1 aliphatic carbocycles. The van der Waals surface area contributed by atoms with Crippen molar-refractivity contribution in [1.82, 2.24) is 10.1 Å². The number of benzene rings is 1. The van der Waals surface area contributed by atoms with Crippen LogP contribution in [-0.4, -0.2) is 10.1 Å². The van der Waals surface area contributed by atoms with Crippen molar-refractivity contribution >= 4 is 17.3 Å². The van der Waals surface area contributed by atoms with Crippen LogP contribution in [0.4, 0.5) is 5.69 Å². The Morgan fingerprint density at radius 3 is 3.00 bits per heavy atom. The van der Waals surface area contributed by atoms with E-state index in [2.05, 4.69) is 15.5 Å². The summed E-state index contributed by atoms with van der Waals surface area (Å²) >= 11 is 5.91. The lowest BCUT2D eigenvalue weighted by Crippen LogP contribution is -2.10. The maximum Gasteiger partial charge on any atom is 0.245 e. The number of rotatable bonds is 4. The van der Waals surface area contributed by atoms with Gasteiger partial charge in [-0.2, -0.15) is 4.98 Å². The summed E-state index contributed by atoms with van der Waals surface area (Å²) in [5, 5.41) is 7.93. The highest BCUT2D eigenvalue weighted by atomic mass is 35.5. The summed E-state index contributed by atoms with van der Waals surface area (Å²) in [4.78, 5) is 4.40. The summed E-state index contributed by atoms with van der Waals surface area (Å²) < 4.78 is 5.22. The zero-order valence-corrected chi connectivity index (χ0v) is 10.7. The number of nitrogens with one attached hydrogen (secondary N) is 1. The molecule has 1 aromatic carbocycles. The van der Waals surface area contributed by atoms with Crippen LogP contribution >= 0.6 is 11.6 Å². The average Bonchev–Trinajstić information content (AvgIpc) is 2.73. The van der Waals surface area contributed by atoms with Crippen molar-refractivity contribution in [3.05, 3.63) is 41.0 Å². The van der Waals surface area contributed by atoms with Crippen molar-refractivity contribution in [2.24, 2.45) is 0 Å². The van der Waals surface area contributed by atoms with Crippen molar-refractivity contribution < 1.29 is 4.52 Å². The highest BCUT2D eigenvalue weighted by molar-refractivity contribution is 6.30. The molecule has 1 fully saturated rings. The van der Waals surface area contributed by atoms with E-state index < -0.39 is 0 Å². The number of aromatic nitrogens is 2. The Morgan fingerprint density at radius 2 is 2.28 bits per heavy atom. The fraction of sp³-hybridized carbons (Fsp3) is 0.385. The Morgan fingerprint density at radius 1 is 1.39 bits per heavy atom. The molecule has 2 aromatic rings. The van der Waals surface area contributed by atoms with Gasteiger partial charge in [-0.1, -0.05) is 29.2 Å². The van der Waals surface area contributed by atoms with Crippen LogP contribution in [0.3, 0.4) is 0 Å². The molecule has 0 saturated heterocycles. The molecule has 4 nitrogen and oxygen atoms in total. The van der Waals surface area contributed by atoms with Crippen LogP contribution in [0.15, 0.2) is 28.8 Å². The third kappa shape index (κ3) is 2.48. The first kappa shape index (κ1) is 11.5. The summed E-state index contributed by atoms with van der Waals surface area (Å²) in [6.07, 6.45) is 3.64. The molecule has 0 spiro atoms. The lowest BCUT2D eigenvalue weighted by atomic mass is 9.85. The van der Waals surface area contributed by atoms with Gasteiger partial charge in [0.1, 0.15) is 0 Å². The van der Waals surface area contributed by atoms with Crippen molar-refractivity contribution in [2.45, 2.75) is 31.7 Å². The molecule has 0 atom stereocenters. The van der Waals surface area contributed by atoms with Gasteiger partial charge in [0.15, 0.2) is 5.82 Å². The fourth-order valence-corrected chi connectivity index (χ4v) is 2.14. The molecule has 18 heavy (non-hydrogen) atoms. The van der Waals surface area contributed by atoms with Crippen molar-refractivity contribution in [2.75, 3.05) is 5.32 Å². The van der Waals surface area contributed by atoms with Crippen LogP contribution < -0.4 is 5.32 Å². The van der Waals surface area contributed by atoms with Crippen LogP contribution in [0.2, 0.25) is 5.02 Å². The molecule has 0 radical (unpaired) electrons. The summed E-state index contributed by atoms with van der Waals surface area (Å²) in [6.45, 7) is 0.528. The second kappa shape index (κ2) is 4.98. The first-order valence-electron chi connectivity index (χ1n) is 6.13. The molecule has 0 amide bonds. The minimum atomic E-state index is 0.508. The van der Waals surface area contributed by atoms with Crippen LogP contribution in [0.1, 0.15) is 36.9 Å². The molecule has 0 aliphatic heterocycles. The normalized spacial score (nSPS) is 15.4. The van der Waals surface area contributed by atoms with Crippen LogP contribution in [-0.2, 0) is 6.54 Å². The maximum atomic E-state index is 5.91. The summed E-state index contributed by atoms with van der Waals surface area (Å²) in [6, 6.07) is 7.56. The number of anilines is 1. The van der Waals surface area contributed by atoms with Crippen LogP contribution in [0.5, 0.6) is 0 Å². The molecule has 1 N–H and O–H groups in total. The van der Waals surface area contributed by atoms with Gasteiger partial charge in [0.2, 0.25) is 5.89 Å². The van der Waals surface area contributed by atoms with Gasteiger partial charge in [0, 0.05) is 16.6 Å². The van der Waals surface area contributed by atoms with Gasteiger partial charge in [0.05, 0.1) is 6.54 Å². The minimum absolute atomic E-state index is 0.508. The average molecular weight is 264 g/mol. The van der Waals surface area contributed by atoms with E-state index in [1.165, 1.54) is 19.3 Å². The molecular weight excluding hydrogens is 250 g/mol. The summed E-state index contributed by atoms with van der Waals surface area (Å²) in [5.41, 5.74) is 0.950. The van der Waals surface area contributed by atoms with E-state index in [9.17, 15) is 0 Å². The number of hydrogen-bond acceptors (Lipinski definition) is 4. The Balaban J connectivity index is 1.61. The van der Waals surface area contributed by atoms with E-state index in [1.54, 1.807) is 0 Å². The predicted molar refractivity (Wildman–Crippen MR) is 69.7 cm³/mol. The van der Waals surface area contributed by atoms with E-state index in [1.807, 2.05) is 24.3 Å². The monoisotopic (exact) mass is 263 g/mol. The SMILES string of the molecule is Clc1cccc(NCc2nc(C3CCC3)no2)c1. The Kier molecular flexibility index (Phi) is 3.19. The Bertz CT molecular complexity index is 537. The quantitative estimate of drug-likeness (QED) is 0.916. The molecule has 3 rings (SSSR count). The zero-order chi connectivity index (χ0) is 12.4. The van der Waals surface area contributed by atoms with Gasteiger partial charge in [-0.25, -0.2) is 0 Å². The summed E-state index contributed by atoms with van der Waals surface area (Å²) in [5.74, 6) is 1.98. The molecule has 0 unspecified atom stereocenters. The highest BCUT2D eigenvalue weighted by Gasteiger charge is 2.24. The van der Waals surface area contributed by atoms with Crippen LogP contribution in [0.25, 0.3) is 0 Å². The first-order chi connectivity index (χ1) is 8.81. The van der Waals surface area contributed by atoms with Gasteiger partial charge in [-0.3, -0.25) is 0 Å². The third-order valence-corrected chi connectivity index (χ3v) is 3.46. The van der Waals surface area contributed by atoms with Gasteiger partial charge >= 0.3 is 0 Å². The van der Waals surface area contributed by atoms with Gasteiger partial charge in [-0.05, 0) is 31.0 Å². The number of hydrogen-bond donors (Lipinski definition) is 1. The minimum Gasteiger partial charge on any atom is -0.376 e. The summed E-state index contributed by atoms with van der Waals surface area (Å²) in [7, 11) is 0. The lowest BCUT2D eigenvalue weighted by Gasteiger charge is -2.20. The molecular formula is C13H14ClN3O. The Labute approximate surface area is 110 Å². The van der Waals surface area contributed by atoms with E-state index >= 15 is 0 Å². The van der Waals surface area contributed by atoms with Crippen molar-refractivity contribution in [3.8, 4) is 0 Å². The van der Waals surface area contributed by atoms with E-state index in [0.29, 0.717) is 23.4 Å². The van der Waals surface area contributed by atoms with Crippen molar-refractivity contribution in [3.63, 3.8) is 0 Å². The second-order valence-corrected chi connectivity index (χ2v) is 4.97. The topological polar surface area (TPSA) is 51.0 Å². The highest BCUT2D eigenvalue weighted by Crippen LogP contribution is 2.34. The molecule has 1 heterocycles. The molecule has 1 aliphatic rings. The van der Waals surface area contributed by atoms with E-state index in [-0.39, 0.29) is 0 Å². The van der Waals surface area contributed by atoms with Crippen LogP contribution in [0, 0.1) is 0 Å². The second-order valence-electron chi connectivity index (χ2n) is 4.54. The third-order valence-electron chi connectivity index (χ3n) is 3.22. The number of nitrogens with zero attached hydrogens (tertiary/aromatic N) is 2. The van der Waals surface area contributed by atoms with E-state index in [4.69, 9.17) is 16.1 Å². The fourth-order valence-electron chi connectivity index (χ4n) is 1.95. The maximum absolute atomic E-state index is 5.91. The van der Waals surface area contributed by atoms with E-state index in [0.717, 1.165) is 11.5 Å². The standard InChI is InChI=1S/C13H14ClN3O/c14-10-5-2-6-11(7-10)15-8-12-16-13(17-18-12)9-3-1-4-9/h2,5-7,9,15H,1,3-4,8H2. The molecule has 1 aromatic heterocycles. The van der Waals surface area contributed by atoms with Gasteiger partial charge in [0.25, 0.3) is 0 Å². The molecule has 1 saturated carbocycles. The molecule has 94 valence electrons. The molecule has 5 heteroatoms. The Hall–Kier alpha value is -1.55. The molecule has 0 bridgehead atoms.